The molecule has 0 spiro atoms. The molecule has 0 aromatic carbocycles. The minimum absolute atomic E-state index is 0.0411. The van der Waals surface area contributed by atoms with E-state index in [4.69, 9.17) is 13.6 Å². The predicted octanol–water partition coefficient (Wildman–Crippen LogP) is 5.98. The second-order valence-electron chi connectivity index (χ2n) is 11.4. The zero-order valence-corrected chi connectivity index (χ0v) is 21.8. The molecular weight excluding hydrogens is 372 g/mol. The largest absolute Gasteiger partial charge is 0.413 e. The van der Waals surface area contributed by atoms with Gasteiger partial charge in [0.15, 0.2) is 22.9 Å². The summed E-state index contributed by atoms with van der Waals surface area (Å²) in [6, 6.07) is 0. The topological polar surface area (TPSA) is 44.8 Å². The van der Waals surface area contributed by atoms with Gasteiger partial charge in [0.2, 0.25) is 0 Å². The highest BCUT2D eigenvalue weighted by atomic mass is 28.4. The van der Waals surface area contributed by atoms with E-state index in [0.29, 0.717) is 6.42 Å². The van der Waals surface area contributed by atoms with Gasteiger partial charge in [0, 0.05) is 18.3 Å². The highest BCUT2D eigenvalue weighted by Crippen LogP contribution is 2.44. The Bertz CT molecular complexity index is 505. The normalized spacial score (nSPS) is 31.0. The average Bonchev–Trinajstić information content (AvgIpc) is 2.46. The Morgan fingerprint density at radius 2 is 1.30 bits per heavy atom. The first kappa shape index (κ1) is 25.0. The number of aldehydes is 1. The molecule has 0 unspecified atom stereocenters. The van der Waals surface area contributed by atoms with Crippen LogP contribution in [-0.2, 0) is 18.4 Å². The van der Waals surface area contributed by atoms with Crippen molar-refractivity contribution in [2.45, 2.75) is 117 Å². The van der Waals surface area contributed by atoms with Crippen LogP contribution in [0.2, 0.25) is 36.3 Å². The van der Waals surface area contributed by atoms with Gasteiger partial charge >= 0.3 is 0 Å². The van der Waals surface area contributed by atoms with Gasteiger partial charge in [0.25, 0.3) is 0 Å². The smallest absolute Gasteiger partial charge is 0.195 e. The summed E-state index contributed by atoms with van der Waals surface area (Å²) in [5.74, 6) is 0.296. The molecular formula is C21H44O4Si2. The van der Waals surface area contributed by atoms with Crippen LogP contribution in [0.15, 0.2) is 0 Å². The average molecular weight is 417 g/mol. The number of carbonyl (C=O) groups is 1. The SMILES string of the molecule is C[C@@H]1[C@H](O[Si](C)(C)C(C)(C)C)[C@@H](C)[C@@H](O[Si](C)(C)C(C)(C)C)O[C@H]1CC=O. The quantitative estimate of drug-likeness (QED) is 0.394. The number of hydrogen-bond donors (Lipinski definition) is 0. The zero-order chi connectivity index (χ0) is 21.4. The Labute approximate surface area is 170 Å². The molecule has 0 bridgehead atoms. The van der Waals surface area contributed by atoms with Crippen molar-refractivity contribution in [3.05, 3.63) is 0 Å². The summed E-state index contributed by atoms with van der Waals surface area (Å²) in [6.45, 7) is 26.9. The van der Waals surface area contributed by atoms with Crippen molar-refractivity contribution in [2.24, 2.45) is 11.8 Å². The lowest BCUT2D eigenvalue weighted by molar-refractivity contribution is -0.230. The van der Waals surface area contributed by atoms with E-state index in [1.165, 1.54) is 0 Å². The Balaban J connectivity index is 3.16. The maximum Gasteiger partial charge on any atom is 0.195 e. The van der Waals surface area contributed by atoms with Crippen molar-refractivity contribution < 1.29 is 18.4 Å². The fourth-order valence-electron chi connectivity index (χ4n) is 2.96. The van der Waals surface area contributed by atoms with Gasteiger partial charge in [-0.25, -0.2) is 0 Å². The lowest BCUT2D eigenvalue weighted by atomic mass is 9.85. The standard InChI is InChI=1S/C21H44O4Si2/c1-15-17(13-14-22)23-19(25-27(11,12)21(6,7)8)16(2)18(15)24-26(9,10)20(3,4)5/h14-19H,13H2,1-12H3/t15-,16+,17-,18-,19+/m0/s1. The lowest BCUT2D eigenvalue weighted by Gasteiger charge is -2.51. The number of carbonyl (C=O) groups excluding carboxylic acids is 1. The molecule has 1 saturated heterocycles. The summed E-state index contributed by atoms with van der Waals surface area (Å²) in [5, 5.41) is 0.246. The van der Waals surface area contributed by atoms with Gasteiger partial charge in [-0.3, -0.25) is 0 Å². The van der Waals surface area contributed by atoms with Crippen LogP contribution in [0, 0.1) is 11.8 Å². The van der Waals surface area contributed by atoms with Crippen molar-refractivity contribution in [1.29, 1.82) is 0 Å². The van der Waals surface area contributed by atoms with Crippen molar-refractivity contribution in [3.8, 4) is 0 Å². The van der Waals surface area contributed by atoms with Crippen LogP contribution < -0.4 is 0 Å². The molecule has 1 aliphatic rings. The van der Waals surface area contributed by atoms with E-state index in [0.717, 1.165) is 6.29 Å². The molecule has 1 fully saturated rings. The van der Waals surface area contributed by atoms with E-state index in [-0.39, 0.29) is 40.4 Å². The first-order chi connectivity index (χ1) is 11.9. The number of rotatable bonds is 6. The monoisotopic (exact) mass is 416 g/mol. The highest BCUT2D eigenvalue weighted by molar-refractivity contribution is 6.74. The molecule has 6 heteroatoms. The summed E-state index contributed by atoms with van der Waals surface area (Å²) in [6.07, 6.45) is 0.927. The predicted molar refractivity (Wildman–Crippen MR) is 118 cm³/mol. The van der Waals surface area contributed by atoms with Gasteiger partial charge in [-0.1, -0.05) is 55.4 Å². The molecule has 160 valence electrons. The van der Waals surface area contributed by atoms with E-state index < -0.39 is 16.6 Å². The van der Waals surface area contributed by atoms with Crippen molar-refractivity contribution in [2.75, 3.05) is 0 Å². The molecule has 0 amide bonds. The van der Waals surface area contributed by atoms with Crippen molar-refractivity contribution >= 4 is 22.9 Å². The Morgan fingerprint density at radius 3 is 1.70 bits per heavy atom. The molecule has 27 heavy (non-hydrogen) atoms. The van der Waals surface area contributed by atoms with E-state index in [1.807, 2.05) is 0 Å². The van der Waals surface area contributed by atoms with Crippen LogP contribution >= 0.6 is 0 Å². The second kappa shape index (κ2) is 8.38. The summed E-state index contributed by atoms with van der Waals surface area (Å²) < 4.78 is 19.8. The fraction of sp³-hybridized carbons (Fsp3) is 0.952. The van der Waals surface area contributed by atoms with Crippen LogP contribution in [0.3, 0.4) is 0 Å². The van der Waals surface area contributed by atoms with Gasteiger partial charge in [0.05, 0.1) is 12.2 Å². The summed E-state index contributed by atoms with van der Waals surface area (Å²) in [4.78, 5) is 11.3. The fourth-order valence-corrected chi connectivity index (χ4v) is 5.63. The zero-order valence-electron chi connectivity index (χ0n) is 19.8. The second-order valence-corrected chi connectivity index (χ2v) is 20.9. The summed E-state index contributed by atoms with van der Waals surface area (Å²) in [5.41, 5.74) is 0. The van der Waals surface area contributed by atoms with Crippen LogP contribution in [0.4, 0.5) is 0 Å². The van der Waals surface area contributed by atoms with Gasteiger partial charge in [-0.2, -0.15) is 0 Å². The minimum atomic E-state index is -1.99. The Hall–Kier alpha value is -0.0162. The molecule has 0 radical (unpaired) electrons. The van der Waals surface area contributed by atoms with Gasteiger partial charge in [0.1, 0.15) is 6.29 Å². The summed E-state index contributed by atoms with van der Waals surface area (Å²) >= 11 is 0. The summed E-state index contributed by atoms with van der Waals surface area (Å²) in [7, 11) is -3.93. The molecule has 0 aliphatic carbocycles. The minimum Gasteiger partial charge on any atom is -0.413 e. The van der Waals surface area contributed by atoms with E-state index in [1.54, 1.807) is 0 Å². The Morgan fingerprint density at radius 1 is 0.852 bits per heavy atom. The van der Waals surface area contributed by atoms with E-state index in [2.05, 4.69) is 81.6 Å². The molecule has 4 nitrogen and oxygen atoms in total. The van der Waals surface area contributed by atoms with Crippen molar-refractivity contribution in [1.82, 2.24) is 0 Å². The van der Waals surface area contributed by atoms with Gasteiger partial charge < -0.3 is 18.4 Å². The maximum absolute atomic E-state index is 11.3. The highest BCUT2D eigenvalue weighted by Gasteiger charge is 2.50. The first-order valence-corrected chi connectivity index (χ1v) is 16.2. The van der Waals surface area contributed by atoms with Gasteiger partial charge in [-0.15, -0.1) is 0 Å². The molecule has 1 heterocycles. The van der Waals surface area contributed by atoms with Gasteiger partial charge in [-0.05, 0) is 36.3 Å². The van der Waals surface area contributed by atoms with E-state index in [9.17, 15) is 4.79 Å². The molecule has 0 N–H and O–H groups in total. The molecule has 0 aromatic heterocycles. The number of hydrogen-bond acceptors (Lipinski definition) is 4. The third-order valence-corrected chi connectivity index (χ3v) is 16.1. The van der Waals surface area contributed by atoms with Crippen molar-refractivity contribution in [3.63, 3.8) is 0 Å². The van der Waals surface area contributed by atoms with Crippen LogP contribution in [0.1, 0.15) is 61.8 Å². The maximum atomic E-state index is 11.3. The molecule has 0 aromatic rings. The first-order valence-electron chi connectivity index (χ1n) is 10.4. The number of ether oxygens (including phenoxy) is 1. The molecule has 0 saturated carbocycles. The third-order valence-electron chi connectivity index (χ3n) is 7.14. The lowest BCUT2D eigenvalue weighted by Crippen LogP contribution is -2.58. The van der Waals surface area contributed by atoms with Crippen LogP contribution in [0.5, 0.6) is 0 Å². The molecule has 1 aliphatic heterocycles. The van der Waals surface area contributed by atoms with Crippen LogP contribution in [0.25, 0.3) is 0 Å². The third kappa shape index (κ3) is 5.75. The van der Waals surface area contributed by atoms with E-state index >= 15 is 0 Å². The van der Waals surface area contributed by atoms with Crippen LogP contribution in [-0.4, -0.2) is 41.4 Å². The molecule has 5 atom stereocenters. The Kier molecular flexibility index (Phi) is 7.77. The molecule has 1 rings (SSSR count).